The molecule has 2 atom stereocenters. The molecule has 0 saturated carbocycles. The van der Waals surface area contributed by atoms with E-state index >= 15 is 0 Å². The summed E-state index contributed by atoms with van der Waals surface area (Å²) in [6.45, 7) is 1.17. The summed E-state index contributed by atoms with van der Waals surface area (Å²) < 4.78 is 75.2. The molecule has 0 spiro atoms. The van der Waals surface area contributed by atoms with Crippen LogP contribution in [0, 0.1) is 0 Å². The summed E-state index contributed by atoms with van der Waals surface area (Å²) in [6.07, 6.45) is -10.7. The maximum Gasteiger partial charge on any atom is 0.525 e. The Morgan fingerprint density at radius 3 is 2.06 bits per heavy atom. The third kappa shape index (κ3) is 2.65. The van der Waals surface area contributed by atoms with Crippen molar-refractivity contribution in [2.75, 3.05) is 0 Å². The van der Waals surface area contributed by atoms with Gasteiger partial charge in [-0.2, -0.15) is 13.2 Å². The van der Waals surface area contributed by atoms with Gasteiger partial charge in [0.2, 0.25) is 0 Å². The minimum Gasteiger partial charge on any atom is -0.251 e. The van der Waals surface area contributed by atoms with Crippen molar-refractivity contribution in [1.29, 1.82) is 0 Å². The molecule has 0 amide bonds. The van der Waals surface area contributed by atoms with Crippen molar-refractivity contribution in [3.63, 3.8) is 0 Å². The van der Waals surface area contributed by atoms with Crippen molar-refractivity contribution in [3.05, 3.63) is 0 Å². The second-order valence-electron chi connectivity index (χ2n) is 2.81. The van der Waals surface area contributed by atoms with Gasteiger partial charge in [-0.25, -0.2) is 4.99 Å². The van der Waals surface area contributed by atoms with Crippen LogP contribution in [0.25, 0.3) is 0 Å². The fraction of sp³-hybridized carbons (Fsp3) is 0.833. The molecule has 2 nitrogen and oxygen atoms in total. The molecule has 0 fully saturated rings. The van der Waals surface area contributed by atoms with Gasteiger partial charge in [0.15, 0.2) is 0 Å². The van der Waals surface area contributed by atoms with Crippen LogP contribution in [0.4, 0.5) is 26.3 Å². The zero-order chi connectivity index (χ0) is 12.8. The number of ether oxygens (including phenoxy) is 1. The molecule has 0 radical (unpaired) electrons. The van der Waals surface area contributed by atoms with Crippen LogP contribution in [-0.4, -0.2) is 27.5 Å². The van der Waals surface area contributed by atoms with Crippen molar-refractivity contribution in [2.45, 2.75) is 29.3 Å². The van der Waals surface area contributed by atoms with Crippen LogP contribution in [0.15, 0.2) is 4.99 Å². The lowest BCUT2D eigenvalue weighted by atomic mass is 10.2. The van der Waals surface area contributed by atoms with Gasteiger partial charge in [0, 0.05) is 0 Å². The number of hydrogen-bond acceptors (Lipinski definition) is 3. The molecule has 0 bridgehead atoms. The van der Waals surface area contributed by atoms with Crippen molar-refractivity contribution in [1.82, 2.24) is 0 Å². The van der Waals surface area contributed by atoms with E-state index in [1.54, 1.807) is 0 Å². The van der Waals surface area contributed by atoms with E-state index in [0.717, 1.165) is 0 Å². The Labute approximate surface area is 98.6 Å². The van der Waals surface area contributed by atoms with E-state index in [0.29, 0.717) is 11.8 Å². The van der Waals surface area contributed by atoms with Gasteiger partial charge in [-0.3, -0.25) is 4.74 Å². The third-order valence-corrected chi connectivity index (χ3v) is 3.72. The lowest BCUT2D eigenvalue weighted by Gasteiger charge is -2.31. The van der Waals surface area contributed by atoms with Gasteiger partial charge in [-0.15, -0.1) is 13.2 Å². The molecule has 0 aromatic carbocycles. The van der Waals surface area contributed by atoms with Crippen molar-refractivity contribution in [3.8, 4) is 0 Å². The molecule has 16 heavy (non-hydrogen) atoms. The minimum absolute atomic E-state index is 0.136. The Balaban J connectivity index is 3.14. The Kier molecular flexibility index (Phi) is 3.57. The van der Waals surface area contributed by atoms with Crippen LogP contribution < -0.4 is 0 Å². The number of hydrogen-bond donors (Lipinski definition) is 0. The predicted octanol–water partition coefficient (Wildman–Crippen LogP) is 3.67. The van der Waals surface area contributed by atoms with Crippen molar-refractivity contribution >= 4 is 32.7 Å². The first kappa shape index (κ1) is 14.1. The molecule has 1 rings (SSSR count). The highest BCUT2D eigenvalue weighted by molar-refractivity contribution is 9.11. The number of alkyl halides is 7. The topological polar surface area (TPSA) is 21.6 Å². The second kappa shape index (κ2) is 4.05. The van der Waals surface area contributed by atoms with Gasteiger partial charge in [-0.05, 0) is 6.92 Å². The van der Waals surface area contributed by atoms with Gasteiger partial charge in [0.25, 0.3) is 5.72 Å². The summed E-state index contributed by atoms with van der Waals surface area (Å²) in [5.41, 5.74) is -3.61. The Morgan fingerprint density at radius 1 is 1.31 bits per heavy atom. The van der Waals surface area contributed by atoms with Crippen LogP contribution in [0.3, 0.4) is 0 Å². The summed E-state index contributed by atoms with van der Waals surface area (Å²) in [7, 11) is 0. The Bertz CT molecular complexity index is 315. The number of aliphatic imine (C=N–C) groups is 1. The molecule has 0 aliphatic carbocycles. The molecule has 2 unspecified atom stereocenters. The first-order valence-electron chi connectivity index (χ1n) is 3.69. The molecular formula is C6H4BrF6NOS. The van der Waals surface area contributed by atoms with Crippen LogP contribution >= 0.6 is 27.7 Å². The molecule has 0 aromatic rings. The van der Waals surface area contributed by atoms with E-state index in [1.807, 2.05) is 0 Å². The fourth-order valence-corrected chi connectivity index (χ4v) is 3.19. The summed E-state index contributed by atoms with van der Waals surface area (Å²) in [5, 5.41) is -0.136. The minimum atomic E-state index is -5.42. The van der Waals surface area contributed by atoms with E-state index in [1.165, 1.54) is 6.92 Å². The lowest BCUT2D eigenvalue weighted by Crippen LogP contribution is -2.52. The molecule has 0 aromatic heterocycles. The predicted molar refractivity (Wildman–Crippen MR) is 49.3 cm³/mol. The van der Waals surface area contributed by atoms with Crippen LogP contribution in [0.1, 0.15) is 6.92 Å². The standard InChI is InChI=1S/C6H4BrF6NOS/c1-2-14-4(3(7)16-2,5(8,9)10)15-6(11,12)13/h3H,1H3. The van der Waals surface area contributed by atoms with E-state index in [9.17, 15) is 26.3 Å². The normalized spacial score (nSPS) is 31.8. The van der Waals surface area contributed by atoms with E-state index < -0.39 is 22.4 Å². The molecule has 10 heteroatoms. The first-order valence-corrected chi connectivity index (χ1v) is 5.48. The van der Waals surface area contributed by atoms with Gasteiger partial charge in [-0.1, -0.05) is 27.7 Å². The fourth-order valence-electron chi connectivity index (χ4n) is 1.04. The molecule has 1 heterocycles. The summed E-state index contributed by atoms with van der Waals surface area (Å²) in [4.78, 5) is 2.92. The van der Waals surface area contributed by atoms with Gasteiger partial charge < -0.3 is 0 Å². The van der Waals surface area contributed by atoms with Gasteiger partial charge >= 0.3 is 12.5 Å². The number of nitrogens with zero attached hydrogens (tertiary/aromatic N) is 1. The highest BCUT2D eigenvalue weighted by atomic mass is 79.9. The third-order valence-electron chi connectivity index (χ3n) is 1.58. The smallest absolute Gasteiger partial charge is 0.251 e. The SMILES string of the molecule is CC1=NC(OC(F)(F)F)(C(F)(F)F)C(Br)S1. The average Bonchev–Trinajstić information content (AvgIpc) is 2.22. The second-order valence-corrected chi connectivity index (χ2v) is 5.63. The zero-order valence-corrected chi connectivity index (χ0v) is 9.89. The average molecular weight is 332 g/mol. The van der Waals surface area contributed by atoms with Crippen LogP contribution in [0.5, 0.6) is 0 Å². The monoisotopic (exact) mass is 331 g/mol. The van der Waals surface area contributed by atoms with Gasteiger partial charge in [0.05, 0.1) is 5.04 Å². The first-order chi connectivity index (χ1) is 6.98. The van der Waals surface area contributed by atoms with E-state index in [4.69, 9.17) is 0 Å². The van der Waals surface area contributed by atoms with Crippen LogP contribution in [0.2, 0.25) is 0 Å². The summed E-state index contributed by atoms with van der Waals surface area (Å²) in [5.74, 6) is 0. The molecule has 0 saturated heterocycles. The molecule has 1 aliphatic heterocycles. The number of rotatable bonds is 1. The molecular weight excluding hydrogens is 328 g/mol. The highest BCUT2D eigenvalue weighted by Crippen LogP contribution is 2.51. The lowest BCUT2D eigenvalue weighted by molar-refractivity contribution is -0.408. The van der Waals surface area contributed by atoms with E-state index in [-0.39, 0.29) is 5.04 Å². The van der Waals surface area contributed by atoms with Crippen LogP contribution in [-0.2, 0) is 4.74 Å². The molecule has 94 valence electrons. The van der Waals surface area contributed by atoms with Crippen molar-refractivity contribution < 1.29 is 31.1 Å². The maximum atomic E-state index is 12.6. The Morgan fingerprint density at radius 2 is 1.81 bits per heavy atom. The van der Waals surface area contributed by atoms with Crippen molar-refractivity contribution in [2.24, 2.45) is 4.99 Å². The Hall–Kier alpha value is 0.0400. The molecule has 1 aliphatic rings. The number of halogens is 7. The highest BCUT2D eigenvalue weighted by Gasteiger charge is 2.67. The quantitative estimate of drug-likeness (QED) is 0.540. The molecule has 0 N–H and O–H groups in total. The number of thioether (sulfide) groups is 1. The summed E-state index contributed by atoms with van der Waals surface area (Å²) in [6, 6.07) is 0. The maximum absolute atomic E-state index is 12.6. The largest absolute Gasteiger partial charge is 0.525 e. The zero-order valence-electron chi connectivity index (χ0n) is 7.49. The van der Waals surface area contributed by atoms with E-state index in [2.05, 4.69) is 25.7 Å². The summed E-state index contributed by atoms with van der Waals surface area (Å²) >= 11 is 3.01. The van der Waals surface area contributed by atoms with Gasteiger partial charge in [0.1, 0.15) is 4.16 Å².